The Morgan fingerprint density at radius 2 is 2.04 bits per heavy atom. The number of hydrogen-bond donors (Lipinski definition) is 1. The SMILES string of the molecule is Cc1ccc2c(CC(=O)Nc3cccnc3N3CCOCC3)coc2c1C. The molecule has 0 spiro atoms. The second-order valence-electron chi connectivity index (χ2n) is 6.84. The van der Waals surface area contributed by atoms with Gasteiger partial charge in [0.2, 0.25) is 5.91 Å². The highest BCUT2D eigenvalue weighted by molar-refractivity contribution is 5.97. The van der Waals surface area contributed by atoms with Gasteiger partial charge in [-0.25, -0.2) is 4.98 Å². The number of carbonyl (C=O) groups excluding carboxylic acids is 1. The second kappa shape index (κ2) is 7.40. The van der Waals surface area contributed by atoms with Crippen LogP contribution in [-0.2, 0) is 16.0 Å². The van der Waals surface area contributed by atoms with Gasteiger partial charge >= 0.3 is 0 Å². The first-order chi connectivity index (χ1) is 13.1. The first-order valence-electron chi connectivity index (χ1n) is 9.17. The number of fused-ring (bicyclic) bond motifs is 1. The van der Waals surface area contributed by atoms with Crippen molar-refractivity contribution in [1.82, 2.24) is 4.98 Å². The second-order valence-corrected chi connectivity index (χ2v) is 6.84. The molecule has 0 saturated carbocycles. The predicted molar refractivity (Wildman–Crippen MR) is 105 cm³/mol. The van der Waals surface area contributed by atoms with Crippen molar-refractivity contribution < 1.29 is 13.9 Å². The van der Waals surface area contributed by atoms with Gasteiger partial charge in [-0.05, 0) is 37.1 Å². The molecule has 1 fully saturated rings. The van der Waals surface area contributed by atoms with Crippen molar-refractivity contribution in [3.8, 4) is 0 Å². The maximum atomic E-state index is 12.7. The van der Waals surface area contributed by atoms with E-state index >= 15 is 0 Å². The molecule has 1 saturated heterocycles. The Labute approximate surface area is 158 Å². The van der Waals surface area contributed by atoms with Gasteiger partial charge in [0.15, 0.2) is 5.82 Å². The molecule has 1 aliphatic rings. The number of aryl methyl sites for hydroxylation is 2. The average molecular weight is 365 g/mol. The summed E-state index contributed by atoms with van der Waals surface area (Å²) in [5.74, 6) is 0.705. The van der Waals surface area contributed by atoms with Crippen molar-refractivity contribution in [1.29, 1.82) is 0 Å². The number of benzene rings is 1. The van der Waals surface area contributed by atoms with E-state index in [2.05, 4.69) is 28.2 Å². The number of nitrogens with one attached hydrogen (secondary N) is 1. The Bertz CT molecular complexity index is 974. The fourth-order valence-corrected chi connectivity index (χ4v) is 3.41. The van der Waals surface area contributed by atoms with Crippen LogP contribution in [0.15, 0.2) is 41.1 Å². The van der Waals surface area contributed by atoms with Crippen LogP contribution in [0.1, 0.15) is 16.7 Å². The number of carbonyl (C=O) groups is 1. The van der Waals surface area contributed by atoms with Gasteiger partial charge in [-0.2, -0.15) is 0 Å². The Kier molecular flexibility index (Phi) is 4.81. The third-order valence-corrected chi connectivity index (χ3v) is 5.06. The normalized spacial score (nSPS) is 14.5. The number of rotatable bonds is 4. The van der Waals surface area contributed by atoms with Crippen molar-refractivity contribution in [3.05, 3.63) is 53.4 Å². The van der Waals surface area contributed by atoms with Crippen LogP contribution in [0.3, 0.4) is 0 Å². The zero-order valence-corrected chi connectivity index (χ0v) is 15.6. The lowest BCUT2D eigenvalue weighted by Crippen LogP contribution is -2.37. The van der Waals surface area contributed by atoms with Crippen molar-refractivity contribution >= 4 is 28.4 Å². The van der Waals surface area contributed by atoms with Crippen LogP contribution in [0.2, 0.25) is 0 Å². The van der Waals surface area contributed by atoms with Gasteiger partial charge in [0.1, 0.15) is 5.58 Å². The molecule has 27 heavy (non-hydrogen) atoms. The van der Waals surface area contributed by atoms with Gasteiger partial charge in [0.05, 0.1) is 31.6 Å². The maximum absolute atomic E-state index is 12.7. The average Bonchev–Trinajstić information content (AvgIpc) is 3.09. The maximum Gasteiger partial charge on any atom is 0.229 e. The summed E-state index contributed by atoms with van der Waals surface area (Å²) in [6.07, 6.45) is 3.69. The van der Waals surface area contributed by atoms with Crippen LogP contribution in [0, 0.1) is 13.8 Å². The number of furan rings is 1. The fourth-order valence-electron chi connectivity index (χ4n) is 3.41. The van der Waals surface area contributed by atoms with Gasteiger partial charge in [-0.3, -0.25) is 4.79 Å². The monoisotopic (exact) mass is 365 g/mol. The number of morpholine rings is 1. The highest BCUT2D eigenvalue weighted by Crippen LogP contribution is 2.28. The Hall–Kier alpha value is -2.86. The molecule has 1 aromatic carbocycles. The Balaban J connectivity index is 1.53. The van der Waals surface area contributed by atoms with Crippen molar-refractivity contribution in [2.75, 3.05) is 36.5 Å². The van der Waals surface area contributed by atoms with E-state index in [1.165, 1.54) is 5.56 Å². The third kappa shape index (κ3) is 3.53. The van der Waals surface area contributed by atoms with E-state index in [1.54, 1.807) is 12.5 Å². The largest absolute Gasteiger partial charge is 0.464 e. The summed E-state index contributed by atoms with van der Waals surface area (Å²) in [7, 11) is 0. The van der Waals surface area contributed by atoms with Crippen LogP contribution < -0.4 is 10.2 Å². The lowest BCUT2D eigenvalue weighted by atomic mass is 10.0. The summed E-state index contributed by atoms with van der Waals surface area (Å²) >= 11 is 0. The molecule has 6 heteroatoms. The minimum atomic E-state index is -0.0848. The molecule has 0 aliphatic carbocycles. The molecule has 1 amide bonds. The number of aromatic nitrogens is 1. The Morgan fingerprint density at radius 1 is 1.22 bits per heavy atom. The molecule has 2 aromatic heterocycles. The van der Waals surface area contributed by atoms with Crippen LogP contribution in [0.4, 0.5) is 11.5 Å². The molecule has 3 aromatic rings. The summed E-state index contributed by atoms with van der Waals surface area (Å²) < 4.78 is 11.1. The van der Waals surface area contributed by atoms with E-state index in [4.69, 9.17) is 9.15 Å². The summed E-state index contributed by atoms with van der Waals surface area (Å²) in [5.41, 5.74) is 4.76. The molecule has 0 unspecified atom stereocenters. The van der Waals surface area contributed by atoms with Crippen LogP contribution in [0.5, 0.6) is 0 Å². The smallest absolute Gasteiger partial charge is 0.229 e. The molecule has 0 bridgehead atoms. The van der Waals surface area contributed by atoms with E-state index in [-0.39, 0.29) is 12.3 Å². The zero-order valence-electron chi connectivity index (χ0n) is 15.6. The number of hydrogen-bond acceptors (Lipinski definition) is 5. The minimum absolute atomic E-state index is 0.0848. The molecule has 1 aliphatic heterocycles. The van der Waals surface area contributed by atoms with Crippen LogP contribution in [-0.4, -0.2) is 37.2 Å². The molecule has 0 atom stereocenters. The summed E-state index contributed by atoms with van der Waals surface area (Å²) in [6.45, 7) is 6.97. The third-order valence-electron chi connectivity index (χ3n) is 5.06. The summed E-state index contributed by atoms with van der Waals surface area (Å²) in [4.78, 5) is 19.3. The number of pyridine rings is 1. The van der Waals surface area contributed by atoms with E-state index in [0.29, 0.717) is 13.2 Å². The minimum Gasteiger partial charge on any atom is -0.464 e. The van der Waals surface area contributed by atoms with Gasteiger partial charge in [-0.1, -0.05) is 12.1 Å². The first kappa shape index (κ1) is 17.5. The summed E-state index contributed by atoms with van der Waals surface area (Å²) in [6, 6.07) is 7.80. The number of nitrogens with zero attached hydrogens (tertiary/aromatic N) is 2. The van der Waals surface area contributed by atoms with Gasteiger partial charge in [0.25, 0.3) is 0 Å². The standard InChI is InChI=1S/C21H23N3O3/c1-14-5-6-17-16(13-27-20(17)15(14)2)12-19(25)23-18-4-3-7-22-21(18)24-8-10-26-11-9-24/h3-7,13H,8-12H2,1-2H3,(H,23,25). The predicted octanol–water partition coefficient (Wildman–Crippen LogP) is 3.46. The molecular weight excluding hydrogens is 342 g/mol. The van der Waals surface area contributed by atoms with Crippen molar-refractivity contribution in [3.63, 3.8) is 0 Å². The van der Waals surface area contributed by atoms with Crippen molar-refractivity contribution in [2.24, 2.45) is 0 Å². The van der Waals surface area contributed by atoms with Crippen molar-refractivity contribution in [2.45, 2.75) is 20.3 Å². The van der Waals surface area contributed by atoms with Gasteiger partial charge in [0, 0.05) is 30.2 Å². The molecule has 3 heterocycles. The summed E-state index contributed by atoms with van der Waals surface area (Å²) in [5, 5.41) is 4.00. The Morgan fingerprint density at radius 3 is 2.85 bits per heavy atom. The van der Waals surface area contributed by atoms with E-state index < -0.39 is 0 Å². The number of amides is 1. The lowest BCUT2D eigenvalue weighted by Gasteiger charge is -2.29. The molecule has 0 radical (unpaired) electrons. The lowest BCUT2D eigenvalue weighted by molar-refractivity contribution is -0.115. The highest BCUT2D eigenvalue weighted by atomic mass is 16.5. The zero-order chi connectivity index (χ0) is 18.8. The van der Waals surface area contributed by atoms with E-state index in [1.807, 2.05) is 25.1 Å². The molecule has 1 N–H and O–H groups in total. The number of anilines is 2. The molecule has 140 valence electrons. The highest BCUT2D eigenvalue weighted by Gasteiger charge is 2.18. The van der Waals surface area contributed by atoms with E-state index in [0.717, 1.165) is 46.7 Å². The molecule has 6 nitrogen and oxygen atoms in total. The van der Waals surface area contributed by atoms with Crippen LogP contribution in [0.25, 0.3) is 11.0 Å². The molecule has 4 rings (SSSR count). The fraction of sp³-hybridized carbons (Fsp3) is 0.333. The van der Waals surface area contributed by atoms with Crippen LogP contribution >= 0.6 is 0 Å². The topological polar surface area (TPSA) is 67.6 Å². The van der Waals surface area contributed by atoms with Gasteiger partial charge in [-0.15, -0.1) is 0 Å². The van der Waals surface area contributed by atoms with Gasteiger partial charge < -0.3 is 19.4 Å². The number of ether oxygens (including phenoxy) is 1. The van der Waals surface area contributed by atoms with E-state index in [9.17, 15) is 4.79 Å². The molecular formula is C21H23N3O3. The first-order valence-corrected chi connectivity index (χ1v) is 9.17. The quantitative estimate of drug-likeness (QED) is 0.767.